The van der Waals surface area contributed by atoms with Crippen LogP contribution in [0.4, 0.5) is 0 Å². The van der Waals surface area contributed by atoms with Gasteiger partial charge in [-0.15, -0.1) is 0 Å². The van der Waals surface area contributed by atoms with Crippen molar-refractivity contribution in [1.82, 2.24) is 19.5 Å². The number of hydrogen-bond acceptors (Lipinski definition) is 3. The molecule has 2 aromatic heterocycles. The fourth-order valence-electron chi connectivity index (χ4n) is 8.20. The highest BCUT2D eigenvalue weighted by molar-refractivity contribution is 6.13. The zero-order valence-electron chi connectivity index (χ0n) is 28.5. The first kappa shape index (κ1) is 29.5. The molecule has 6 aromatic carbocycles. The minimum Gasteiger partial charge on any atom is -0.309 e. The van der Waals surface area contributed by atoms with Crippen LogP contribution in [0.2, 0.25) is 0 Å². The van der Waals surface area contributed by atoms with Crippen LogP contribution in [0.3, 0.4) is 0 Å². The van der Waals surface area contributed by atoms with Gasteiger partial charge in [-0.05, 0) is 58.3 Å². The summed E-state index contributed by atoms with van der Waals surface area (Å²) in [6.07, 6.45) is 11.4. The van der Waals surface area contributed by atoms with E-state index in [1.165, 1.54) is 44.1 Å². The molecule has 0 atom stereocenters. The summed E-state index contributed by atoms with van der Waals surface area (Å²) in [6.45, 7) is 4.70. The van der Waals surface area contributed by atoms with Crippen molar-refractivity contribution >= 4 is 38.2 Å². The lowest BCUT2D eigenvalue weighted by atomic mass is 9.82. The number of benzene rings is 6. The molecule has 0 amide bonds. The van der Waals surface area contributed by atoms with E-state index in [2.05, 4.69) is 158 Å². The summed E-state index contributed by atoms with van der Waals surface area (Å²) in [6, 6.07) is 45.8. The van der Waals surface area contributed by atoms with E-state index in [4.69, 9.17) is 15.0 Å². The van der Waals surface area contributed by atoms with Crippen molar-refractivity contribution in [2.45, 2.75) is 25.7 Å². The molecule has 51 heavy (non-hydrogen) atoms. The molecule has 0 fully saturated rings. The lowest BCUT2D eigenvalue weighted by Gasteiger charge is -2.22. The topological polar surface area (TPSA) is 43.6 Å². The van der Waals surface area contributed by atoms with Crippen LogP contribution in [-0.4, -0.2) is 19.5 Å². The third-order valence-electron chi connectivity index (χ3n) is 10.7. The zero-order chi connectivity index (χ0) is 34.1. The van der Waals surface area contributed by atoms with Crippen molar-refractivity contribution in [2.75, 3.05) is 0 Å². The summed E-state index contributed by atoms with van der Waals surface area (Å²) in [5.41, 5.74) is 11.7. The van der Waals surface area contributed by atoms with E-state index in [9.17, 15) is 0 Å². The highest BCUT2D eigenvalue weighted by Gasteiger charge is 2.36. The monoisotopic (exact) mass is 654 g/mol. The average molecular weight is 655 g/mol. The molecule has 0 spiro atoms. The van der Waals surface area contributed by atoms with E-state index in [0.717, 1.165) is 39.6 Å². The highest BCUT2D eigenvalue weighted by Crippen LogP contribution is 2.51. The molecule has 2 aliphatic rings. The zero-order valence-corrected chi connectivity index (χ0v) is 28.5. The van der Waals surface area contributed by atoms with Crippen molar-refractivity contribution in [3.63, 3.8) is 0 Å². The molecule has 2 aliphatic carbocycles. The molecule has 4 nitrogen and oxygen atoms in total. The summed E-state index contributed by atoms with van der Waals surface area (Å²) in [5, 5.41) is 4.72. The number of allylic oxidation sites excluding steroid dienone is 6. The van der Waals surface area contributed by atoms with Crippen LogP contribution in [0.25, 0.3) is 77.7 Å². The van der Waals surface area contributed by atoms with Gasteiger partial charge in [0, 0.05) is 38.3 Å². The highest BCUT2D eigenvalue weighted by atomic mass is 15.0. The van der Waals surface area contributed by atoms with Gasteiger partial charge < -0.3 is 4.57 Å². The fraction of sp³-hybridized carbons (Fsp3) is 0.0851. The molecule has 0 radical (unpaired) electrons. The molecular formula is C47H34N4. The van der Waals surface area contributed by atoms with Crippen LogP contribution < -0.4 is 0 Å². The second-order valence-electron chi connectivity index (χ2n) is 14.0. The summed E-state index contributed by atoms with van der Waals surface area (Å²) in [4.78, 5) is 15.4. The third kappa shape index (κ3) is 4.56. The summed E-state index contributed by atoms with van der Waals surface area (Å²) >= 11 is 0. The van der Waals surface area contributed by atoms with E-state index in [0.29, 0.717) is 17.5 Å². The molecule has 0 saturated heterocycles. The second-order valence-corrected chi connectivity index (χ2v) is 14.0. The first-order valence-corrected chi connectivity index (χ1v) is 17.6. The minimum atomic E-state index is -0.114. The van der Waals surface area contributed by atoms with Gasteiger partial charge >= 0.3 is 0 Å². The number of rotatable bonds is 4. The smallest absolute Gasteiger partial charge is 0.164 e. The molecular weight excluding hydrogens is 621 g/mol. The van der Waals surface area contributed by atoms with Gasteiger partial charge in [0.2, 0.25) is 0 Å². The first-order chi connectivity index (χ1) is 25.1. The summed E-state index contributed by atoms with van der Waals surface area (Å²) < 4.78 is 2.46. The van der Waals surface area contributed by atoms with Crippen molar-refractivity contribution in [1.29, 1.82) is 0 Å². The minimum absolute atomic E-state index is 0.114. The Morgan fingerprint density at radius 3 is 2.22 bits per heavy atom. The lowest BCUT2D eigenvalue weighted by molar-refractivity contribution is 0.661. The predicted molar refractivity (Wildman–Crippen MR) is 211 cm³/mol. The molecule has 0 unspecified atom stereocenters. The van der Waals surface area contributed by atoms with Crippen LogP contribution in [0.1, 0.15) is 37.2 Å². The Morgan fingerprint density at radius 1 is 0.569 bits per heavy atom. The molecule has 242 valence electrons. The maximum absolute atomic E-state index is 5.20. The Balaban J connectivity index is 1.27. The van der Waals surface area contributed by atoms with E-state index in [1.807, 2.05) is 18.2 Å². The van der Waals surface area contributed by atoms with Crippen molar-refractivity contribution < 1.29 is 0 Å². The van der Waals surface area contributed by atoms with Crippen molar-refractivity contribution in [2.24, 2.45) is 0 Å². The molecule has 10 rings (SSSR count). The SMILES string of the molecule is CC1(C)c2ccccc2-c2cc3c4ccccc4n(-c4cccc5cccc(-c6nc(C7=CCC=CC=C7)nc(-c7ccccc7)n6)c45)c3cc21. The number of nitrogens with zero attached hydrogens (tertiary/aromatic N) is 4. The molecule has 0 N–H and O–H groups in total. The van der Waals surface area contributed by atoms with E-state index in [-0.39, 0.29) is 5.41 Å². The van der Waals surface area contributed by atoms with Crippen LogP contribution in [0.15, 0.2) is 158 Å². The first-order valence-electron chi connectivity index (χ1n) is 17.6. The number of fused-ring (bicyclic) bond motifs is 7. The Kier molecular flexibility index (Phi) is 6.56. The maximum atomic E-state index is 5.20. The summed E-state index contributed by atoms with van der Waals surface area (Å²) in [7, 11) is 0. The van der Waals surface area contributed by atoms with Gasteiger partial charge in [-0.1, -0.05) is 147 Å². The van der Waals surface area contributed by atoms with Gasteiger partial charge in [0.15, 0.2) is 17.5 Å². The molecule has 2 heterocycles. The normalized spacial score (nSPS) is 14.5. The second kappa shape index (κ2) is 11.3. The molecule has 4 heteroatoms. The fourth-order valence-corrected chi connectivity index (χ4v) is 8.20. The molecule has 0 saturated carbocycles. The summed E-state index contributed by atoms with van der Waals surface area (Å²) in [5.74, 6) is 1.98. The predicted octanol–water partition coefficient (Wildman–Crippen LogP) is 11.7. The van der Waals surface area contributed by atoms with Crippen LogP contribution in [-0.2, 0) is 5.41 Å². The van der Waals surface area contributed by atoms with E-state index < -0.39 is 0 Å². The Bertz CT molecular complexity index is 2790. The number of aromatic nitrogens is 4. The maximum Gasteiger partial charge on any atom is 0.164 e. The number of para-hydroxylation sites is 1. The Hall–Kier alpha value is -6.39. The van der Waals surface area contributed by atoms with Gasteiger partial charge in [-0.25, -0.2) is 15.0 Å². The van der Waals surface area contributed by atoms with Crippen LogP contribution >= 0.6 is 0 Å². The third-order valence-corrected chi connectivity index (χ3v) is 10.7. The Morgan fingerprint density at radius 2 is 1.31 bits per heavy atom. The quantitative estimate of drug-likeness (QED) is 0.190. The molecule has 0 aliphatic heterocycles. The molecule has 0 bridgehead atoms. The van der Waals surface area contributed by atoms with Crippen molar-refractivity contribution in [3.05, 3.63) is 175 Å². The van der Waals surface area contributed by atoms with E-state index >= 15 is 0 Å². The van der Waals surface area contributed by atoms with Gasteiger partial charge in [0.1, 0.15) is 0 Å². The van der Waals surface area contributed by atoms with Crippen LogP contribution in [0.5, 0.6) is 0 Å². The van der Waals surface area contributed by atoms with Gasteiger partial charge in [-0.3, -0.25) is 0 Å². The lowest BCUT2D eigenvalue weighted by Crippen LogP contribution is -2.15. The Labute approximate surface area is 296 Å². The van der Waals surface area contributed by atoms with E-state index in [1.54, 1.807) is 0 Å². The standard InChI is InChI=1S/C47H34N4/c1-47(2)38-25-12-10-22-33(38)36-28-37-34-23-11-13-26-40(34)51(42(37)29-39(36)47)41-27-15-21-30-20-14-24-35(43(30)41)46-49-44(31-16-6-3-4-7-17-31)48-45(50-46)32-18-8-5-9-19-32/h3-6,8-29H,7H2,1-2H3. The van der Waals surface area contributed by atoms with Crippen LogP contribution in [0, 0.1) is 0 Å². The van der Waals surface area contributed by atoms with Gasteiger partial charge in [0.25, 0.3) is 0 Å². The number of hydrogen-bond donors (Lipinski definition) is 0. The molecule has 8 aromatic rings. The van der Waals surface area contributed by atoms with Gasteiger partial charge in [0.05, 0.1) is 16.7 Å². The van der Waals surface area contributed by atoms with Crippen molar-refractivity contribution in [3.8, 4) is 39.6 Å². The van der Waals surface area contributed by atoms with Gasteiger partial charge in [-0.2, -0.15) is 0 Å². The largest absolute Gasteiger partial charge is 0.309 e. The average Bonchev–Trinajstić information content (AvgIpc) is 3.42.